The lowest BCUT2D eigenvalue weighted by Crippen LogP contribution is -2.02. The quantitative estimate of drug-likeness (QED) is 0.287. The van der Waals surface area contributed by atoms with E-state index in [1.54, 1.807) is 13.0 Å². The zero-order chi connectivity index (χ0) is 19.4. The minimum Gasteiger partial charge on any atom is -0.505 e. The first-order chi connectivity index (χ1) is 12.8. The van der Waals surface area contributed by atoms with Crippen LogP contribution in [0, 0.1) is 6.92 Å². The number of para-hydroxylation sites is 1. The van der Waals surface area contributed by atoms with E-state index in [0.717, 1.165) is 10.9 Å². The van der Waals surface area contributed by atoms with E-state index in [2.05, 4.69) is 25.0 Å². The smallest absolute Gasteiger partial charge is 0.469 e. The molecule has 0 bridgehead atoms. The van der Waals surface area contributed by atoms with E-state index >= 15 is 0 Å². The molecular weight excluding hydrogens is 371 g/mol. The van der Waals surface area contributed by atoms with Gasteiger partial charge in [-0.3, -0.25) is 14.9 Å². The number of anilines is 1. The highest BCUT2D eigenvalue weighted by Crippen LogP contribution is 2.37. The summed E-state index contributed by atoms with van der Waals surface area (Å²) in [7, 11) is -4.65. The molecule has 3 aromatic rings. The van der Waals surface area contributed by atoms with Crippen molar-refractivity contribution in [2.24, 2.45) is 5.10 Å². The molecule has 2 heterocycles. The monoisotopic (exact) mass is 388 g/mol. The van der Waals surface area contributed by atoms with Gasteiger partial charge in [-0.25, -0.2) is 9.55 Å². The summed E-state index contributed by atoms with van der Waals surface area (Å²) in [5, 5.41) is 15.2. The lowest BCUT2D eigenvalue weighted by Gasteiger charge is -2.10. The third-order valence-electron chi connectivity index (χ3n) is 3.72. The van der Waals surface area contributed by atoms with E-state index in [1.165, 1.54) is 12.4 Å². The van der Waals surface area contributed by atoms with Crippen LogP contribution in [-0.2, 0) is 15.7 Å². The van der Waals surface area contributed by atoms with Crippen LogP contribution in [0.4, 0.5) is 5.82 Å². The van der Waals surface area contributed by atoms with Gasteiger partial charge in [0.05, 0.1) is 24.0 Å². The molecule has 0 saturated carbocycles. The number of nitrogens with zero attached hydrogens (tertiary/aromatic N) is 3. The zero-order valence-electron chi connectivity index (χ0n) is 14.3. The summed E-state index contributed by atoms with van der Waals surface area (Å²) in [6.07, 6.45) is 2.68. The number of phosphoric acid groups is 1. The summed E-state index contributed by atoms with van der Waals surface area (Å²) in [6, 6.07) is 11.3. The fourth-order valence-electron chi connectivity index (χ4n) is 2.36. The van der Waals surface area contributed by atoms with Crippen molar-refractivity contribution in [3.8, 4) is 5.75 Å². The second-order valence-corrected chi connectivity index (χ2v) is 6.89. The van der Waals surface area contributed by atoms with Crippen LogP contribution in [0.1, 0.15) is 16.8 Å². The minimum absolute atomic E-state index is 0.154. The van der Waals surface area contributed by atoms with Crippen LogP contribution in [0.3, 0.4) is 0 Å². The van der Waals surface area contributed by atoms with Crippen molar-refractivity contribution in [2.75, 3.05) is 5.43 Å². The largest absolute Gasteiger partial charge is 0.505 e. The average molecular weight is 388 g/mol. The third kappa shape index (κ3) is 4.87. The van der Waals surface area contributed by atoms with Gasteiger partial charge in [-0.15, -0.1) is 0 Å². The summed E-state index contributed by atoms with van der Waals surface area (Å²) in [5.74, 6) is 0.349. The summed E-state index contributed by atoms with van der Waals surface area (Å²) in [5.41, 5.74) is 4.43. The average Bonchev–Trinajstić information content (AvgIpc) is 2.63. The topological polar surface area (TPSA) is 137 Å². The van der Waals surface area contributed by atoms with Gasteiger partial charge in [0.2, 0.25) is 0 Å². The molecule has 4 N–H and O–H groups in total. The fourth-order valence-corrected chi connectivity index (χ4v) is 2.66. The maximum Gasteiger partial charge on any atom is 0.469 e. The predicted octanol–water partition coefficient (Wildman–Crippen LogP) is 2.70. The van der Waals surface area contributed by atoms with Crippen LogP contribution < -0.4 is 5.43 Å². The van der Waals surface area contributed by atoms with Gasteiger partial charge in [0, 0.05) is 22.7 Å². The number of nitrogens with one attached hydrogen (secondary N) is 1. The van der Waals surface area contributed by atoms with Gasteiger partial charge in [-0.05, 0) is 25.1 Å². The predicted molar refractivity (Wildman–Crippen MR) is 100 cm³/mol. The van der Waals surface area contributed by atoms with Gasteiger partial charge >= 0.3 is 7.82 Å². The summed E-state index contributed by atoms with van der Waals surface area (Å²) in [6.45, 7) is 1.17. The van der Waals surface area contributed by atoms with Crippen molar-refractivity contribution in [1.29, 1.82) is 0 Å². The molecule has 0 unspecified atom stereocenters. The molecule has 0 aliphatic heterocycles. The highest BCUT2D eigenvalue weighted by molar-refractivity contribution is 7.46. The van der Waals surface area contributed by atoms with Crippen molar-refractivity contribution >= 4 is 30.8 Å². The van der Waals surface area contributed by atoms with E-state index < -0.39 is 14.4 Å². The molecule has 1 aromatic carbocycles. The van der Waals surface area contributed by atoms with Crippen LogP contribution in [0.2, 0.25) is 0 Å². The van der Waals surface area contributed by atoms with Crippen molar-refractivity contribution in [1.82, 2.24) is 9.97 Å². The Kier molecular flexibility index (Phi) is 5.48. The summed E-state index contributed by atoms with van der Waals surface area (Å²) < 4.78 is 15.4. The number of aromatic nitrogens is 2. The number of hydrogen-bond donors (Lipinski definition) is 4. The standard InChI is InChI=1S/C17H17N4O5P/c1-11-17(22)14(13(8-18-11)10-26-27(23,24)25)9-19-21-16-7-6-12-4-2-3-5-15(12)20-16/h2-9,22H,10H2,1H3,(H,20,21)(H2,23,24,25). The van der Waals surface area contributed by atoms with Gasteiger partial charge < -0.3 is 14.9 Å². The van der Waals surface area contributed by atoms with Gasteiger partial charge in [-0.1, -0.05) is 18.2 Å². The molecule has 2 aromatic heterocycles. The number of hydrogen-bond acceptors (Lipinski definition) is 7. The molecule has 9 nitrogen and oxygen atoms in total. The molecule has 0 fully saturated rings. The molecule has 140 valence electrons. The van der Waals surface area contributed by atoms with Crippen molar-refractivity contribution in [2.45, 2.75) is 13.5 Å². The van der Waals surface area contributed by atoms with Crippen LogP contribution in [0.15, 0.2) is 47.7 Å². The molecule has 0 aliphatic rings. The number of pyridine rings is 2. The number of hydrazone groups is 1. The van der Waals surface area contributed by atoms with E-state index in [1.807, 2.05) is 30.3 Å². The Morgan fingerprint density at radius 3 is 2.81 bits per heavy atom. The Balaban J connectivity index is 1.82. The molecule has 0 atom stereocenters. The SMILES string of the molecule is Cc1ncc(COP(=O)(O)O)c(C=NNc2ccc3ccccc3n2)c1O. The van der Waals surface area contributed by atoms with E-state index in [-0.39, 0.29) is 16.9 Å². The lowest BCUT2D eigenvalue weighted by atomic mass is 10.1. The lowest BCUT2D eigenvalue weighted by molar-refractivity contribution is 0.188. The second-order valence-electron chi connectivity index (χ2n) is 5.65. The summed E-state index contributed by atoms with van der Waals surface area (Å²) >= 11 is 0. The summed E-state index contributed by atoms with van der Waals surface area (Å²) in [4.78, 5) is 26.1. The first kappa shape index (κ1) is 18.9. The molecule has 0 saturated heterocycles. The Morgan fingerprint density at radius 1 is 1.26 bits per heavy atom. The maximum atomic E-state index is 10.9. The van der Waals surface area contributed by atoms with Crippen molar-refractivity contribution in [3.05, 3.63) is 59.4 Å². The first-order valence-corrected chi connectivity index (χ1v) is 9.39. The first-order valence-electron chi connectivity index (χ1n) is 7.86. The molecule has 0 radical (unpaired) electrons. The number of benzene rings is 1. The van der Waals surface area contributed by atoms with Gasteiger partial charge in [0.1, 0.15) is 11.6 Å². The van der Waals surface area contributed by atoms with E-state index in [4.69, 9.17) is 9.79 Å². The minimum atomic E-state index is -4.65. The fraction of sp³-hybridized carbons (Fsp3) is 0.118. The molecule has 10 heteroatoms. The van der Waals surface area contributed by atoms with Crippen molar-refractivity contribution < 1.29 is 24.0 Å². The molecule has 0 amide bonds. The Hall–Kier alpha value is -2.84. The number of aromatic hydroxyl groups is 1. The third-order valence-corrected chi connectivity index (χ3v) is 4.18. The Morgan fingerprint density at radius 2 is 2.04 bits per heavy atom. The Bertz CT molecular complexity index is 1050. The molecule has 0 spiro atoms. The number of rotatable bonds is 6. The van der Waals surface area contributed by atoms with Crippen LogP contribution in [0.5, 0.6) is 5.75 Å². The second kappa shape index (κ2) is 7.81. The Labute approximate surface area is 154 Å². The molecule has 3 rings (SSSR count). The van der Waals surface area contributed by atoms with Crippen LogP contribution >= 0.6 is 7.82 Å². The van der Waals surface area contributed by atoms with Gasteiger partial charge in [0.15, 0.2) is 0 Å². The highest BCUT2D eigenvalue weighted by atomic mass is 31.2. The molecule has 27 heavy (non-hydrogen) atoms. The van der Waals surface area contributed by atoms with Gasteiger partial charge in [-0.2, -0.15) is 5.10 Å². The van der Waals surface area contributed by atoms with Crippen molar-refractivity contribution in [3.63, 3.8) is 0 Å². The number of aryl methyl sites for hydroxylation is 1. The molecular formula is C17H17N4O5P. The number of phosphoric ester groups is 1. The van der Waals surface area contributed by atoms with E-state index in [0.29, 0.717) is 11.5 Å². The van der Waals surface area contributed by atoms with Gasteiger partial charge in [0.25, 0.3) is 0 Å². The zero-order valence-corrected chi connectivity index (χ0v) is 15.2. The normalized spacial score (nSPS) is 12.0. The van der Waals surface area contributed by atoms with Crippen LogP contribution in [-0.4, -0.2) is 31.1 Å². The maximum absolute atomic E-state index is 10.9. The molecule has 0 aliphatic carbocycles. The number of fused-ring (bicyclic) bond motifs is 1. The van der Waals surface area contributed by atoms with Crippen LogP contribution in [0.25, 0.3) is 10.9 Å². The highest BCUT2D eigenvalue weighted by Gasteiger charge is 2.17. The van der Waals surface area contributed by atoms with E-state index in [9.17, 15) is 9.67 Å².